The van der Waals surface area contributed by atoms with Crippen LogP contribution in [0.4, 0.5) is 5.82 Å². The highest BCUT2D eigenvalue weighted by atomic mass is 16.5. The molecule has 0 spiro atoms. The van der Waals surface area contributed by atoms with Gasteiger partial charge in [-0.15, -0.1) is 0 Å². The molecule has 1 fully saturated rings. The van der Waals surface area contributed by atoms with Gasteiger partial charge in [0, 0.05) is 26.7 Å². The summed E-state index contributed by atoms with van der Waals surface area (Å²) in [5, 5.41) is 8.34. The zero-order valence-electron chi connectivity index (χ0n) is 13.0. The predicted molar refractivity (Wildman–Crippen MR) is 81.1 cm³/mol. The van der Waals surface area contributed by atoms with E-state index in [0.717, 1.165) is 42.4 Å². The monoisotopic (exact) mass is 290 g/mol. The van der Waals surface area contributed by atoms with Gasteiger partial charge in [0.2, 0.25) is 0 Å². The smallest absolute Gasteiger partial charge is 0.163 e. The summed E-state index contributed by atoms with van der Waals surface area (Å²) in [5.41, 5.74) is 0.860. The average molecular weight is 290 g/mol. The van der Waals surface area contributed by atoms with Gasteiger partial charge in [-0.3, -0.25) is 9.58 Å². The van der Waals surface area contributed by atoms with Crippen molar-refractivity contribution in [2.24, 2.45) is 7.05 Å². The molecule has 21 heavy (non-hydrogen) atoms. The lowest BCUT2D eigenvalue weighted by Crippen LogP contribution is -2.46. The van der Waals surface area contributed by atoms with Gasteiger partial charge in [-0.1, -0.05) is 0 Å². The summed E-state index contributed by atoms with van der Waals surface area (Å²) in [6.07, 6.45) is 2.05. The van der Waals surface area contributed by atoms with Gasteiger partial charge in [-0.2, -0.15) is 5.10 Å². The van der Waals surface area contributed by atoms with Crippen molar-refractivity contribution < 1.29 is 4.74 Å². The highest BCUT2D eigenvalue weighted by Gasteiger charge is 2.24. The molecule has 0 radical (unpaired) electrons. The van der Waals surface area contributed by atoms with E-state index in [9.17, 15) is 0 Å². The Kier molecular flexibility index (Phi) is 3.77. The summed E-state index contributed by atoms with van der Waals surface area (Å²) < 4.78 is 7.46. The van der Waals surface area contributed by atoms with Crippen LogP contribution in [0.5, 0.6) is 0 Å². The highest BCUT2D eigenvalue weighted by Crippen LogP contribution is 2.21. The van der Waals surface area contributed by atoms with Gasteiger partial charge in [0.1, 0.15) is 11.6 Å². The number of hydrogen-bond acceptors (Lipinski definition) is 6. The average Bonchev–Trinajstić information content (AvgIpc) is 2.84. The molecular formula is C14H22N6O. The van der Waals surface area contributed by atoms with Gasteiger partial charge in [0.15, 0.2) is 5.65 Å². The normalized spacial score (nSPS) is 23.6. The third-order valence-corrected chi connectivity index (χ3v) is 3.96. The quantitative estimate of drug-likeness (QED) is 0.910. The van der Waals surface area contributed by atoms with Crippen molar-refractivity contribution in [2.75, 3.05) is 25.5 Å². The predicted octanol–water partition coefficient (Wildman–Crippen LogP) is 1.01. The Balaban J connectivity index is 1.91. The fourth-order valence-electron chi connectivity index (χ4n) is 2.70. The number of hydrogen-bond donors (Lipinski definition) is 1. The molecular weight excluding hydrogens is 268 g/mol. The van der Waals surface area contributed by atoms with Gasteiger partial charge in [-0.25, -0.2) is 9.97 Å². The van der Waals surface area contributed by atoms with Crippen molar-refractivity contribution in [3.05, 3.63) is 12.0 Å². The molecule has 2 aromatic rings. The molecule has 7 heteroatoms. The summed E-state index contributed by atoms with van der Waals surface area (Å²) in [5.74, 6) is 1.65. The van der Waals surface area contributed by atoms with Crippen LogP contribution in [-0.2, 0) is 18.3 Å². The molecule has 7 nitrogen and oxygen atoms in total. The van der Waals surface area contributed by atoms with Crippen molar-refractivity contribution in [3.8, 4) is 0 Å². The highest BCUT2D eigenvalue weighted by molar-refractivity contribution is 5.86. The summed E-state index contributed by atoms with van der Waals surface area (Å²) in [7, 11) is 3.77. The van der Waals surface area contributed by atoms with Crippen LogP contribution >= 0.6 is 0 Å². The Bertz CT molecular complexity index is 640. The van der Waals surface area contributed by atoms with E-state index in [0.29, 0.717) is 6.04 Å². The maximum atomic E-state index is 5.67. The summed E-state index contributed by atoms with van der Waals surface area (Å²) >= 11 is 0. The van der Waals surface area contributed by atoms with Crippen LogP contribution in [0.1, 0.15) is 19.7 Å². The molecule has 0 bridgehead atoms. The van der Waals surface area contributed by atoms with E-state index in [-0.39, 0.29) is 6.10 Å². The summed E-state index contributed by atoms with van der Waals surface area (Å²) in [4.78, 5) is 11.7. The number of rotatable bonds is 3. The minimum Gasteiger partial charge on any atom is -0.376 e. The molecule has 1 aliphatic rings. The Morgan fingerprint density at radius 1 is 1.38 bits per heavy atom. The lowest BCUT2D eigenvalue weighted by molar-refractivity contribution is -0.0534. The molecule has 1 saturated heterocycles. The van der Waals surface area contributed by atoms with Crippen molar-refractivity contribution >= 4 is 16.9 Å². The van der Waals surface area contributed by atoms with Gasteiger partial charge in [0.05, 0.1) is 30.8 Å². The molecule has 114 valence electrons. The number of fused-ring (bicyclic) bond motifs is 1. The van der Waals surface area contributed by atoms with Gasteiger partial charge in [0.25, 0.3) is 0 Å². The zero-order valence-corrected chi connectivity index (χ0v) is 13.0. The SMILES string of the molecule is CNc1nc(CN2CC(C)OCC2C)nc2c1cnn2C. The van der Waals surface area contributed by atoms with Gasteiger partial charge in [-0.05, 0) is 13.8 Å². The second-order valence-corrected chi connectivity index (χ2v) is 5.67. The van der Waals surface area contributed by atoms with Gasteiger partial charge >= 0.3 is 0 Å². The Morgan fingerprint density at radius 3 is 2.95 bits per heavy atom. The van der Waals surface area contributed by atoms with Crippen LogP contribution in [0.15, 0.2) is 6.20 Å². The van der Waals surface area contributed by atoms with Crippen molar-refractivity contribution in [1.82, 2.24) is 24.6 Å². The summed E-state index contributed by atoms with van der Waals surface area (Å²) in [6, 6.07) is 0.380. The first-order valence-electron chi connectivity index (χ1n) is 7.30. The Hall–Kier alpha value is -1.73. The lowest BCUT2D eigenvalue weighted by Gasteiger charge is -2.36. The largest absolute Gasteiger partial charge is 0.376 e. The van der Waals surface area contributed by atoms with E-state index in [2.05, 4.69) is 39.1 Å². The second kappa shape index (κ2) is 5.57. The first-order valence-corrected chi connectivity index (χ1v) is 7.30. The van der Waals surface area contributed by atoms with Crippen molar-refractivity contribution in [3.63, 3.8) is 0 Å². The molecule has 3 rings (SSSR count). The van der Waals surface area contributed by atoms with E-state index in [1.165, 1.54) is 0 Å². The van der Waals surface area contributed by atoms with E-state index < -0.39 is 0 Å². The maximum absolute atomic E-state index is 5.67. The van der Waals surface area contributed by atoms with Crippen LogP contribution in [0, 0.1) is 0 Å². The third-order valence-electron chi connectivity index (χ3n) is 3.96. The van der Waals surface area contributed by atoms with E-state index in [4.69, 9.17) is 4.74 Å². The standard InChI is InChI=1S/C14H22N6O/c1-9-8-21-10(2)6-20(9)7-12-17-13(15-3)11-5-16-19(4)14(11)18-12/h5,9-10H,6-8H2,1-4H3,(H,15,17,18). The number of aromatic nitrogens is 4. The molecule has 1 aliphatic heterocycles. The van der Waals surface area contributed by atoms with E-state index >= 15 is 0 Å². The number of morpholine rings is 1. The fourth-order valence-corrected chi connectivity index (χ4v) is 2.70. The van der Waals surface area contributed by atoms with Crippen molar-refractivity contribution in [2.45, 2.75) is 32.5 Å². The van der Waals surface area contributed by atoms with Crippen LogP contribution in [0.2, 0.25) is 0 Å². The molecule has 0 aliphatic carbocycles. The number of aryl methyl sites for hydroxylation is 1. The van der Waals surface area contributed by atoms with Crippen LogP contribution < -0.4 is 5.32 Å². The van der Waals surface area contributed by atoms with Crippen LogP contribution in [0.3, 0.4) is 0 Å². The fraction of sp³-hybridized carbons (Fsp3) is 0.643. The minimum atomic E-state index is 0.255. The third kappa shape index (κ3) is 2.71. The molecule has 0 amide bonds. The van der Waals surface area contributed by atoms with Gasteiger partial charge < -0.3 is 10.1 Å². The maximum Gasteiger partial charge on any atom is 0.163 e. The van der Waals surface area contributed by atoms with Crippen molar-refractivity contribution in [1.29, 1.82) is 0 Å². The molecule has 1 N–H and O–H groups in total. The topological polar surface area (TPSA) is 68.1 Å². The Labute approximate surface area is 124 Å². The first-order chi connectivity index (χ1) is 10.1. The van der Waals surface area contributed by atoms with E-state index in [1.807, 2.05) is 14.1 Å². The first kappa shape index (κ1) is 14.2. The second-order valence-electron chi connectivity index (χ2n) is 5.67. The number of ether oxygens (including phenoxy) is 1. The molecule has 0 aromatic carbocycles. The zero-order chi connectivity index (χ0) is 15.0. The molecule has 0 saturated carbocycles. The molecule has 2 aromatic heterocycles. The van der Waals surface area contributed by atoms with Crippen LogP contribution in [-0.4, -0.2) is 57.0 Å². The van der Waals surface area contributed by atoms with E-state index in [1.54, 1.807) is 10.9 Å². The Morgan fingerprint density at radius 2 is 2.19 bits per heavy atom. The lowest BCUT2D eigenvalue weighted by atomic mass is 10.2. The summed E-state index contributed by atoms with van der Waals surface area (Å²) in [6.45, 7) is 6.66. The number of anilines is 1. The number of nitrogens with one attached hydrogen (secondary N) is 1. The number of nitrogens with zero attached hydrogens (tertiary/aromatic N) is 5. The molecule has 2 unspecified atom stereocenters. The molecule has 2 atom stereocenters. The minimum absolute atomic E-state index is 0.255. The van der Waals surface area contributed by atoms with Crippen LogP contribution in [0.25, 0.3) is 11.0 Å². The molecule has 3 heterocycles.